The summed E-state index contributed by atoms with van der Waals surface area (Å²) in [6.45, 7) is 0. The van der Waals surface area contributed by atoms with Crippen molar-refractivity contribution in [2.24, 2.45) is 0 Å². The molecule has 3 nitrogen and oxygen atoms in total. The third kappa shape index (κ3) is 2.56. The summed E-state index contributed by atoms with van der Waals surface area (Å²) in [5, 5.41) is 8.12. The van der Waals surface area contributed by atoms with Gasteiger partial charge in [-0.15, -0.1) is 10.2 Å². The molecule has 8 heteroatoms. The first-order valence-electron chi connectivity index (χ1n) is 5.73. The van der Waals surface area contributed by atoms with Gasteiger partial charge in [0, 0.05) is 16.8 Å². The Labute approximate surface area is 126 Å². The zero-order chi connectivity index (χ0) is 15.2. The van der Waals surface area contributed by atoms with Gasteiger partial charge in [0.25, 0.3) is 0 Å². The normalized spacial score (nSPS) is 12.0. The molecule has 0 aliphatic heterocycles. The van der Waals surface area contributed by atoms with Gasteiger partial charge in [-0.1, -0.05) is 23.2 Å². The average molecular weight is 332 g/mol. The number of benzene rings is 1. The molecule has 0 aliphatic carbocycles. The predicted octanol–water partition coefficient (Wildman–Crippen LogP) is 4.72. The van der Waals surface area contributed by atoms with Crippen LogP contribution in [-0.4, -0.2) is 14.6 Å². The van der Waals surface area contributed by atoms with Crippen molar-refractivity contribution in [3.63, 3.8) is 0 Å². The zero-order valence-corrected chi connectivity index (χ0v) is 11.7. The van der Waals surface area contributed by atoms with E-state index in [0.717, 1.165) is 12.3 Å². The van der Waals surface area contributed by atoms with Gasteiger partial charge in [0.15, 0.2) is 11.5 Å². The highest BCUT2D eigenvalue weighted by Crippen LogP contribution is 2.33. The molecule has 0 saturated heterocycles. The third-order valence-corrected chi connectivity index (χ3v) is 3.42. The predicted molar refractivity (Wildman–Crippen MR) is 73.4 cm³/mol. The fourth-order valence-corrected chi connectivity index (χ4v) is 2.28. The molecule has 0 N–H and O–H groups in total. The molecule has 0 atom stereocenters. The van der Waals surface area contributed by atoms with E-state index < -0.39 is 11.7 Å². The fraction of sp³-hybridized carbons (Fsp3) is 0.0769. The quantitative estimate of drug-likeness (QED) is 0.645. The van der Waals surface area contributed by atoms with Gasteiger partial charge in [0.2, 0.25) is 0 Å². The minimum absolute atomic E-state index is 0.113. The Hall–Kier alpha value is -1.79. The van der Waals surface area contributed by atoms with Gasteiger partial charge in [-0.25, -0.2) is 0 Å². The maximum absolute atomic E-state index is 12.9. The van der Waals surface area contributed by atoms with Gasteiger partial charge in [-0.2, -0.15) is 13.2 Å². The minimum Gasteiger partial charge on any atom is -0.281 e. The standard InChI is InChI=1S/C13H6Cl2F3N3/c14-9-3-1-7(2-4-9)11-19-20-12-10(15)5-8(6-21(11)12)13(16,17)18/h1-6H. The van der Waals surface area contributed by atoms with Crippen LogP contribution in [0.2, 0.25) is 10.0 Å². The molecule has 0 saturated carbocycles. The molecule has 0 fully saturated rings. The maximum atomic E-state index is 12.9. The van der Waals surface area contributed by atoms with E-state index in [1.165, 1.54) is 4.40 Å². The van der Waals surface area contributed by atoms with Crippen LogP contribution in [0.25, 0.3) is 17.0 Å². The average Bonchev–Trinajstić information content (AvgIpc) is 2.83. The molecule has 21 heavy (non-hydrogen) atoms. The van der Waals surface area contributed by atoms with Crippen molar-refractivity contribution in [2.75, 3.05) is 0 Å². The van der Waals surface area contributed by atoms with Gasteiger partial charge in [0.05, 0.1) is 10.6 Å². The van der Waals surface area contributed by atoms with Gasteiger partial charge >= 0.3 is 6.18 Å². The van der Waals surface area contributed by atoms with Crippen molar-refractivity contribution in [3.8, 4) is 11.4 Å². The van der Waals surface area contributed by atoms with Gasteiger partial charge in [-0.05, 0) is 30.3 Å². The van der Waals surface area contributed by atoms with Crippen molar-refractivity contribution < 1.29 is 13.2 Å². The Balaban J connectivity index is 2.25. The number of aromatic nitrogens is 3. The van der Waals surface area contributed by atoms with Crippen LogP contribution in [0.15, 0.2) is 36.5 Å². The van der Waals surface area contributed by atoms with Crippen LogP contribution in [0.5, 0.6) is 0 Å². The van der Waals surface area contributed by atoms with Crippen molar-refractivity contribution >= 4 is 28.8 Å². The van der Waals surface area contributed by atoms with Crippen LogP contribution in [0, 0.1) is 0 Å². The maximum Gasteiger partial charge on any atom is 0.417 e. The Kier molecular flexibility index (Phi) is 3.30. The van der Waals surface area contributed by atoms with Crippen LogP contribution in [-0.2, 0) is 6.18 Å². The molecule has 0 aliphatic rings. The summed E-state index contributed by atoms with van der Waals surface area (Å²) in [6.07, 6.45) is -3.58. The van der Waals surface area contributed by atoms with E-state index >= 15 is 0 Å². The largest absolute Gasteiger partial charge is 0.417 e. The summed E-state index contributed by atoms with van der Waals surface area (Å²) in [4.78, 5) is 0. The van der Waals surface area contributed by atoms with Crippen LogP contribution < -0.4 is 0 Å². The molecule has 3 rings (SSSR count). The Morgan fingerprint density at radius 2 is 1.67 bits per heavy atom. The summed E-state index contributed by atoms with van der Waals surface area (Å²) >= 11 is 11.6. The smallest absolute Gasteiger partial charge is 0.281 e. The number of hydrogen-bond acceptors (Lipinski definition) is 2. The number of fused-ring (bicyclic) bond motifs is 1. The minimum atomic E-state index is -4.50. The Morgan fingerprint density at radius 3 is 2.29 bits per heavy atom. The molecular weight excluding hydrogens is 326 g/mol. The lowest BCUT2D eigenvalue weighted by atomic mass is 10.2. The fourth-order valence-electron chi connectivity index (χ4n) is 1.90. The monoisotopic (exact) mass is 331 g/mol. The first-order chi connectivity index (χ1) is 9.86. The molecule has 2 aromatic heterocycles. The van der Waals surface area contributed by atoms with Crippen LogP contribution in [0.4, 0.5) is 13.2 Å². The lowest BCUT2D eigenvalue weighted by Gasteiger charge is -2.08. The molecule has 0 amide bonds. The van der Waals surface area contributed by atoms with Crippen molar-refractivity contribution in [1.82, 2.24) is 14.6 Å². The molecule has 0 bridgehead atoms. The second kappa shape index (κ2) is 4.89. The molecule has 2 heterocycles. The highest BCUT2D eigenvalue weighted by molar-refractivity contribution is 6.33. The lowest BCUT2D eigenvalue weighted by molar-refractivity contribution is -0.137. The number of halogens is 5. The van der Waals surface area contributed by atoms with Crippen LogP contribution in [0.3, 0.4) is 0 Å². The molecule has 0 radical (unpaired) electrons. The van der Waals surface area contributed by atoms with E-state index in [2.05, 4.69) is 10.2 Å². The van der Waals surface area contributed by atoms with Gasteiger partial charge < -0.3 is 0 Å². The van der Waals surface area contributed by atoms with Crippen molar-refractivity contribution in [2.45, 2.75) is 6.18 Å². The summed E-state index contributed by atoms with van der Waals surface area (Å²) in [5.74, 6) is 0.259. The van der Waals surface area contributed by atoms with Crippen LogP contribution >= 0.6 is 23.2 Å². The first kappa shape index (κ1) is 14.2. The lowest BCUT2D eigenvalue weighted by Crippen LogP contribution is -2.07. The number of rotatable bonds is 1. The van der Waals surface area contributed by atoms with E-state index in [9.17, 15) is 13.2 Å². The van der Waals surface area contributed by atoms with Gasteiger partial charge in [0.1, 0.15) is 0 Å². The molecule has 0 unspecified atom stereocenters. The van der Waals surface area contributed by atoms with E-state index in [-0.39, 0.29) is 16.5 Å². The van der Waals surface area contributed by atoms with Gasteiger partial charge in [-0.3, -0.25) is 4.40 Å². The topological polar surface area (TPSA) is 30.2 Å². The second-order valence-electron chi connectivity index (χ2n) is 4.30. The SMILES string of the molecule is FC(F)(F)c1cc(Cl)c2nnc(-c3ccc(Cl)cc3)n2c1. The highest BCUT2D eigenvalue weighted by Gasteiger charge is 2.32. The zero-order valence-electron chi connectivity index (χ0n) is 10.2. The number of nitrogens with zero attached hydrogens (tertiary/aromatic N) is 3. The van der Waals surface area contributed by atoms with E-state index in [0.29, 0.717) is 10.6 Å². The van der Waals surface area contributed by atoms with Crippen molar-refractivity contribution in [3.05, 3.63) is 52.1 Å². The third-order valence-electron chi connectivity index (χ3n) is 2.89. The molecular formula is C13H6Cl2F3N3. The highest BCUT2D eigenvalue weighted by atomic mass is 35.5. The second-order valence-corrected chi connectivity index (χ2v) is 5.14. The summed E-state index contributed by atoms with van der Waals surface area (Å²) < 4.78 is 39.8. The van der Waals surface area contributed by atoms with Crippen molar-refractivity contribution in [1.29, 1.82) is 0 Å². The Bertz CT molecular complexity index is 810. The Morgan fingerprint density at radius 1 is 1.00 bits per heavy atom. The number of pyridine rings is 1. The summed E-state index contributed by atoms with van der Waals surface area (Å²) in [7, 11) is 0. The molecule has 108 valence electrons. The summed E-state index contributed by atoms with van der Waals surface area (Å²) in [6, 6.07) is 7.36. The number of alkyl halides is 3. The summed E-state index contributed by atoms with van der Waals surface area (Å²) in [5.41, 5.74) is -0.119. The van der Waals surface area contributed by atoms with E-state index in [1.54, 1.807) is 24.3 Å². The number of hydrogen-bond donors (Lipinski definition) is 0. The van der Waals surface area contributed by atoms with Crippen LogP contribution in [0.1, 0.15) is 5.56 Å². The molecule has 3 aromatic rings. The van der Waals surface area contributed by atoms with E-state index in [1.807, 2.05) is 0 Å². The first-order valence-corrected chi connectivity index (χ1v) is 6.49. The molecule has 1 aromatic carbocycles. The molecule has 0 spiro atoms. The van der Waals surface area contributed by atoms with E-state index in [4.69, 9.17) is 23.2 Å².